The number of carbonyl (C=O) groups is 2. The predicted molar refractivity (Wildman–Crippen MR) is 120 cm³/mol. The first-order valence-corrected chi connectivity index (χ1v) is 10.7. The van der Waals surface area contributed by atoms with Gasteiger partial charge in [0.1, 0.15) is 5.82 Å². The van der Waals surface area contributed by atoms with Crippen molar-refractivity contribution in [2.24, 2.45) is 0 Å². The molecule has 0 saturated heterocycles. The maximum Gasteiger partial charge on any atom is 0.338 e. The van der Waals surface area contributed by atoms with Crippen LogP contribution in [-0.4, -0.2) is 43.1 Å². The fraction of sp³-hybridized carbons (Fsp3) is 0.280. The number of hydrogen-bond donors (Lipinski definition) is 2. The van der Waals surface area contributed by atoms with Crippen LogP contribution in [0.15, 0.2) is 71.9 Å². The van der Waals surface area contributed by atoms with E-state index in [4.69, 9.17) is 4.74 Å². The fourth-order valence-electron chi connectivity index (χ4n) is 4.12. The van der Waals surface area contributed by atoms with Crippen molar-refractivity contribution in [2.75, 3.05) is 26.2 Å². The van der Waals surface area contributed by atoms with Gasteiger partial charge in [-0.2, -0.15) is 0 Å². The molecular formula is C25H26FN3O3. The lowest BCUT2D eigenvalue weighted by Gasteiger charge is -2.33. The van der Waals surface area contributed by atoms with Crippen molar-refractivity contribution in [3.05, 3.63) is 88.9 Å². The van der Waals surface area contributed by atoms with E-state index in [0.717, 1.165) is 13.0 Å². The molecule has 32 heavy (non-hydrogen) atoms. The Morgan fingerprint density at radius 1 is 1.19 bits per heavy atom. The number of amides is 2. The summed E-state index contributed by atoms with van der Waals surface area (Å²) >= 11 is 0. The van der Waals surface area contributed by atoms with Gasteiger partial charge in [0.15, 0.2) is 0 Å². The maximum absolute atomic E-state index is 13.9. The third-order valence-electron chi connectivity index (χ3n) is 5.65. The Balaban J connectivity index is 1.61. The fourth-order valence-corrected chi connectivity index (χ4v) is 4.12. The molecule has 2 amide bonds. The molecule has 4 rings (SSSR count). The molecule has 2 N–H and O–H groups in total. The minimum absolute atomic E-state index is 0.201. The summed E-state index contributed by atoms with van der Waals surface area (Å²) in [6, 6.07) is 14.9. The third kappa shape index (κ3) is 4.89. The van der Waals surface area contributed by atoms with Crippen molar-refractivity contribution in [3.8, 4) is 0 Å². The average Bonchev–Trinajstić information content (AvgIpc) is 2.80. The number of ether oxygens (including phenoxy) is 1. The number of rotatable bonds is 6. The zero-order chi connectivity index (χ0) is 22.5. The van der Waals surface area contributed by atoms with Crippen molar-refractivity contribution in [1.82, 2.24) is 15.5 Å². The van der Waals surface area contributed by atoms with Gasteiger partial charge < -0.3 is 15.4 Å². The Morgan fingerprint density at radius 2 is 2.00 bits per heavy atom. The maximum atomic E-state index is 13.9. The van der Waals surface area contributed by atoms with Crippen LogP contribution in [-0.2, 0) is 9.53 Å². The Hall–Kier alpha value is -3.45. The van der Waals surface area contributed by atoms with Crippen LogP contribution in [0, 0.1) is 5.82 Å². The van der Waals surface area contributed by atoms with Gasteiger partial charge >= 0.3 is 12.0 Å². The number of carbonyl (C=O) groups excluding carboxylic acids is 2. The Bertz CT molecular complexity index is 1070. The lowest BCUT2D eigenvalue weighted by atomic mass is 9.94. The van der Waals surface area contributed by atoms with Crippen LogP contribution in [0.25, 0.3) is 5.57 Å². The molecule has 166 valence electrons. The second kappa shape index (κ2) is 9.78. The van der Waals surface area contributed by atoms with Crippen molar-refractivity contribution >= 4 is 17.6 Å². The molecule has 2 heterocycles. The number of nitrogens with zero attached hydrogens (tertiary/aromatic N) is 1. The second-order valence-corrected chi connectivity index (χ2v) is 7.78. The van der Waals surface area contributed by atoms with E-state index in [9.17, 15) is 14.0 Å². The van der Waals surface area contributed by atoms with Crippen LogP contribution in [0.4, 0.5) is 9.18 Å². The van der Waals surface area contributed by atoms with E-state index in [1.807, 2.05) is 18.2 Å². The third-order valence-corrected chi connectivity index (χ3v) is 5.65. The molecule has 0 spiro atoms. The summed E-state index contributed by atoms with van der Waals surface area (Å²) < 4.78 is 19.1. The molecule has 7 heteroatoms. The zero-order valence-electron chi connectivity index (χ0n) is 17.9. The lowest BCUT2D eigenvalue weighted by molar-refractivity contribution is -0.139. The minimum atomic E-state index is -0.784. The van der Waals surface area contributed by atoms with Crippen LogP contribution in [0.5, 0.6) is 0 Å². The van der Waals surface area contributed by atoms with E-state index in [1.54, 1.807) is 19.1 Å². The molecular weight excluding hydrogens is 409 g/mol. The van der Waals surface area contributed by atoms with Gasteiger partial charge in [0.2, 0.25) is 0 Å². The van der Waals surface area contributed by atoms with E-state index in [1.165, 1.54) is 23.3 Å². The highest BCUT2D eigenvalue weighted by Gasteiger charge is 2.34. The van der Waals surface area contributed by atoms with E-state index < -0.39 is 23.9 Å². The predicted octanol–water partition coefficient (Wildman–Crippen LogP) is 3.79. The topological polar surface area (TPSA) is 70.7 Å². The summed E-state index contributed by atoms with van der Waals surface area (Å²) in [4.78, 5) is 27.4. The SMILES string of the molecule is CCOC(=O)C1=C(CN2CC=C(c3ccccc3)CC2)NC(=O)NC1c1cccc(F)c1. The molecule has 0 radical (unpaired) electrons. The molecule has 0 fully saturated rings. The highest BCUT2D eigenvalue weighted by atomic mass is 19.1. The highest BCUT2D eigenvalue weighted by molar-refractivity contribution is 5.95. The summed E-state index contributed by atoms with van der Waals surface area (Å²) in [6.45, 7) is 3.79. The van der Waals surface area contributed by atoms with E-state index in [2.05, 4.69) is 33.7 Å². The normalized spacial score (nSPS) is 19.1. The first-order valence-electron chi connectivity index (χ1n) is 10.7. The number of nitrogens with one attached hydrogen (secondary N) is 2. The van der Waals surface area contributed by atoms with Gasteiger partial charge in [-0.3, -0.25) is 4.90 Å². The summed E-state index contributed by atoms with van der Waals surface area (Å²) in [6.07, 6.45) is 3.04. The summed E-state index contributed by atoms with van der Waals surface area (Å²) in [5.74, 6) is -0.962. The first kappa shape index (κ1) is 21.8. The van der Waals surface area contributed by atoms with E-state index in [-0.39, 0.29) is 6.61 Å². The zero-order valence-corrected chi connectivity index (χ0v) is 17.9. The van der Waals surface area contributed by atoms with Crippen molar-refractivity contribution in [1.29, 1.82) is 0 Å². The standard InChI is InChI=1S/C25H26FN3O3/c1-2-32-24(30)22-21(27-25(31)28-23(22)19-9-6-10-20(26)15-19)16-29-13-11-18(12-14-29)17-7-4-3-5-8-17/h3-11,15,23H,2,12-14,16H2,1H3,(H2,27,28,31). The van der Waals surface area contributed by atoms with Gasteiger partial charge in [-0.15, -0.1) is 0 Å². The van der Waals surface area contributed by atoms with Gasteiger partial charge in [-0.05, 0) is 42.2 Å². The van der Waals surface area contributed by atoms with Gasteiger partial charge in [0, 0.05) is 25.3 Å². The van der Waals surface area contributed by atoms with Crippen LogP contribution < -0.4 is 10.6 Å². The molecule has 0 saturated carbocycles. The van der Waals surface area contributed by atoms with Gasteiger partial charge in [-0.1, -0.05) is 48.5 Å². The number of hydrogen-bond acceptors (Lipinski definition) is 4. The Morgan fingerprint density at radius 3 is 2.69 bits per heavy atom. The Labute approximate surface area is 186 Å². The molecule has 2 aromatic rings. The molecule has 0 aromatic heterocycles. The molecule has 2 aliphatic heterocycles. The summed E-state index contributed by atoms with van der Waals surface area (Å²) in [7, 11) is 0. The van der Waals surface area contributed by atoms with E-state index >= 15 is 0 Å². The second-order valence-electron chi connectivity index (χ2n) is 7.78. The number of benzene rings is 2. The molecule has 6 nitrogen and oxygen atoms in total. The van der Waals surface area contributed by atoms with Gasteiger partial charge in [-0.25, -0.2) is 14.0 Å². The minimum Gasteiger partial charge on any atom is -0.463 e. The van der Waals surface area contributed by atoms with Crippen LogP contribution in [0.1, 0.15) is 30.5 Å². The van der Waals surface area contributed by atoms with Crippen LogP contribution in [0.2, 0.25) is 0 Å². The lowest BCUT2D eigenvalue weighted by Crippen LogP contribution is -2.48. The van der Waals surface area contributed by atoms with Crippen molar-refractivity contribution in [2.45, 2.75) is 19.4 Å². The summed E-state index contributed by atoms with van der Waals surface area (Å²) in [5, 5.41) is 5.52. The quantitative estimate of drug-likeness (QED) is 0.678. The molecule has 0 aliphatic carbocycles. The first-order chi connectivity index (χ1) is 15.5. The summed E-state index contributed by atoms with van der Waals surface area (Å²) in [5.41, 5.74) is 3.77. The largest absolute Gasteiger partial charge is 0.463 e. The van der Waals surface area contributed by atoms with Crippen LogP contribution >= 0.6 is 0 Å². The van der Waals surface area contributed by atoms with E-state index in [0.29, 0.717) is 29.9 Å². The molecule has 1 unspecified atom stereocenters. The molecule has 2 aliphatic rings. The smallest absolute Gasteiger partial charge is 0.338 e. The highest BCUT2D eigenvalue weighted by Crippen LogP contribution is 2.29. The number of urea groups is 1. The molecule has 0 bridgehead atoms. The molecule has 1 atom stereocenters. The number of esters is 1. The molecule has 2 aromatic carbocycles. The van der Waals surface area contributed by atoms with Gasteiger partial charge in [0.05, 0.1) is 18.2 Å². The van der Waals surface area contributed by atoms with Crippen LogP contribution in [0.3, 0.4) is 0 Å². The van der Waals surface area contributed by atoms with Crippen molar-refractivity contribution < 1.29 is 18.7 Å². The monoisotopic (exact) mass is 435 g/mol. The number of halogens is 1. The van der Waals surface area contributed by atoms with Gasteiger partial charge in [0.25, 0.3) is 0 Å². The Kier molecular flexibility index (Phi) is 6.66. The average molecular weight is 435 g/mol. The van der Waals surface area contributed by atoms with Crippen molar-refractivity contribution in [3.63, 3.8) is 0 Å².